The number of sulfonamides is 1. The lowest BCUT2D eigenvalue weighted by atomic mass is 9.97. The fraction of sp³-hybridized carbons (Fsp3) is 0.389. The van der Waals surface area contributed by atoms with Crippen molar-refractivity contribution < 1.29 is 27.1 Å². The maximum atomic E-state index is 13.8. The van der Waals surface area contributed by atoms with E-state index in [0.29, 0.717) is 54.6 Å². The Morgan fingerprint density at radius 3 is 2.60 bits per heavy atom. The number of carbonyl (C=O) groups excluding carboxylic acids is 1. The summed E-state index contributed by atoms with van der Waals surface area (Å²) < 4.78 is 57.9. The Morgan fingerprint density at radius 2 is 1.85 bits per heavy atom. The van der Waals surface area contributed by atoms with Gasteiger partial charge in [-0.3, -0.25) is 4.68 Å². The average Bonchev–Trinajstić information content (AvgIpc) is 3.53. The highest BCUT2D eigenvalue weighted by Gasteiger charge is 2.32. The molecule has 12 heteroatoms. The van der Waals surface area contributed by atoms with Crippen LogP contribution in [0.5, 0.6) is 5.75 Å². The predicted molar refractivity (Wildman–Crippen MR) is 187 cm³/mol. The van der Waals surface area contributed by atoms with E-state index in [4.69, 9.17) is 26.2 Å². The van der Waals surface area contributed by atoms with Gasteiger partial charge < -0.3 is 14.0 Å². The molecule has 0 amide bonds. The first-order valence-corrected chi connectivity index (χ1v) is 18.4. The molecule has 2 aromatic heterocycles. The predicted octanol–water partition coefficient (Wildman–Crippen LogP) is 7.29. The first kappa shape index (κ1) is 34.0. The molecule has 0 unspecified atom stereocenters. The molecule has 5 aromatic rings. The van der Waals surface area contributed by atoms with E-state index in [1.165, 1.54) is 16.4 Å². The Hall–Kier alpha value is -3.93. The first-order valence-electron chi connectivity index (χ1n) is 16.4. The number of rotatable bonds is 9. The van der Waals surface area contributed by atoms with Gasteiger partial charge in [0, 0.05) is 47.7 Å². The molecule has 3 aromatic carbocycles. The van der Waals surface area contributed by atoms with E-state index in [9.17, 15) is 17.6 Å². The molecule has 6 rings (SSSR count). The molecule has 0 saturated carbocycles. The molecule has 0 bridgehead atoms. The molecule has 0 saturated heterocycles. The molecule has 3 heterocycles. The highest BCUT2D eigenvalue weighted by atomic mass is 35.5. The number of aryl methyl sites for hydroxylation is 3. The fourth-order valence-electron chi connectivity index (χ4n) is 6.95. The molecule has 9 nitrogen and oxygen atoms in total. The van der Waals surface area contributed by atoms with Gasteiger partial charge in [0.25, 0.3) is 0 Å². The molecule has 0 N–H and O–H groups in total. The van der Waals surface area contributed by atoms with Crippen molar-refractivity contribution in [2.75, 3.05) is 25.5 Å². The summed E-state index contributed by atoms with van der Waals surface area (Å²) in [5, 5.41) is 7.73. The minimum atomic E-state index is -3.62. The van der Waals surface area contributed by atoms with Crippen LogP contribution in [0.2, 0.25) is 5.02 Å². The lowest BCUT2D eigenvalue weighted by molar-refractivity contribution is 0.0512. The molecular formula is C36H40ClFN4O5S. The molecule has 0 fully saturated rings. The Kier molecular flexibility index (Phi) is 9.83. The van der Waals surface area contributed by atoms with E-state index in [2.05, 4.69) is 0 Å². The third-order valence-corrected chi connectivity index (χ3v) is 11.4. The zero-order valence-electron chi connectivity index (χ0n) is 27.7. The Morgan fingerprint density at radius 1 is 1.06 bits per heavy atom. The van der Waals surface area contributed by atoms with E-state index in [-0.39, 0.29) is 37.7 Å². The molecule has 0 spiro atoms. The van der Waals surface area contributed by atoms with Crippen LogP contribution in [0.3, 0.4) is 0 Å². The van der Waals surface area contributed by atoms with Crippen LogP contribution in [0.25, 0.3) is 32.8 Å². The summed E-state index contributed by atoms with van der Waals surface area (Å²) >= 11 is 7.07. The molecule has 254 valence electrons. The van der Waals surface area contributed by atoms with Crippen molar-refractivity contribution in [2.24, 2.45) is 7.05 Å². The highest BCUT2D eigenvalue weighted by Crippen LogP contribution is 2.43. The smallest absolute Gasteiger partial charge is 0.355 e. The number of hydrogen-bond donors (Lipinski definition) is 0. The number of hydrogen-bond acceptors (Lipinski definition) is 6. The van der Waals surface area contributed by atoms with Gasteiger partial charge in [0.1, 0.15) is 17.3 Å². The van der Waals surface area contributed by atoms with Crippen molar-refractivity contribution >= 4 is 49.3 Å². The zero-order valence-corrected chi connectivity index (χ0v) is 29.3. The maximum absolute atomic E-state index is 13.8. The number of nitrogens with zero attached hydrogens (tertiary/aromatic N) is 4. The Balaban J connectivity index is 1.49. The number of fused-ring (bicyclic) bond motifs is 3. The van der Waals surface area contributed by atoms with E-state index < -0.39 is 16.0 Å². The van der Waals surface area contributed by atoms with Crippen molar-refractivity contribution in [1.82, 2.24) is 18.7 Å². The lowest BCUT2D eigenvalue weighted by Crippen LogP contribution is -2.33. The second-order valence-corrected chi connectivity index (χ2v) is 14.4. The summed E-state index contributed by atoms with van der Waals surface area (Å²) in [6.07, 6.45) is 1.98. The van der Waals surface area contributed by atoms with Gasteiger partial charge in [-0.05, 0) is 73.9 Å². The molecule has 0 aliphatic carbocycles. The number of benzene rings is 3. The van der Waals surface area contributed by atoms with Gasteiger partial charge in [0.15, 0.2) is 0 Å². The van der Waals surface area contributed by atoms with Crippen molar-refractivity contribution in [3.05, 3.63) is 82.0 Å². The molecular weight excluding hydrogens is 655 g/mol. The summed E-state index contributed by atoms with van der Waals surface area (Å²) in [7, 11) is -1.76. The average molecular weight is 695 g/mol. The first-order chi connectivity index (χ1) is 23.1. The van der Waals surface area contributed by atoms with Crippen LogP contribution >= 0.6 is 11.6 Å². The normalized spacial score (nSPS) is 15.0. The van der Waals surface area contributed by atoms with Crippen molar-refractivity contribution in [3.8, 4) is 16.9 Å². The summed E-state index contributed by atoms with van der Waals surface area (Å²) in [5.74, 6) is -0.210. The van der Waals surface area contributed by atoms with Crippen LogP contribution in [-0.2, 0) is 47.7 Å². The third-order valence-electron chi connectivity index (χ3n) is 9.06. The number of esters is 1. The fourth-order valence-corrected chi connectivity index (χ4v) is 8.67. The van der Waals surface area contributed by atoms with Gasteiger partial charge in [-0.15, -0.1) is 0 Å². The largest absolute Gasteiger partial charge is 0.493 e. The monoisotopic (exact) mass is 694 g/mol. The third kappa shape index (κ3) is 6.19. The number of halogens is 2. The minimum Gasteiger partial charge on any atom is -0.493 e. The topological polar surface area (TPSA) is 95.7 Å². The van der Waals surface area contributed by atoms with E-state index in [1.54, 1.807) is 17.7 Å². The Labute approximate surface area is 285 Å². The van der Waals surface area contributed by atoms with E-state index >= 15 is 0 Å². The zero-order chi connectivity index (χ0) is 34.2. The van der Waals surface area contributed by atoms with Crippen molar-refractivity contribution in [1.29, 1.82) is 0 Å². The molecule has 0 atom stereocenters. The summed E-state index contributed by atoms with van der Waals surface area (Å²) in [6, 6.07) is 13.9. The highest BCUT2D eigenvalue weighted by molar-refractivity contribution is 7.89. The van der Waals surface area contributed by atoms with Gasteiger partial charge in [0.2, 0.25) is 10.0 Å². The quantitative estimate of drug-likeness (QED) is 0.119. The van der Waals surface area contributed by atoms with Crippen LogP contribution in [0.15, 0.2) is 48.5 Å². The van der Waals surface area contributed by atoms with E-state index in [0.717, 1.165) is 44.1 Å². The van der Waals surface area contributed by atoms with Gasteiger partial charge in [-0.25, -0.2) is 17.6 Å². The molecule has 48 heavy (non-hydrogen) atoms. The van der Waals surface area contributed by atoms with Crippen LogP contribution in [0, 0.1) is 5.82 Å². The molecule has 1 aliphatic rings. The van der Waals surface area contributed by atoms with Crippen LogP contribution < -0.4 is 4.74 Å². The molecule has 0 radical (unpaired) electrons. The minimum absolute atomic E-state index is 0.0837. The van der Waals surface area contributed by atoms with Gasteiger partial charge in [-0.2, -0.15) is 9.40 Å². The van der Waals surface area contributed by atoms with Crippen molar-refractivity contribution in [3.63, 3.8) is 0 Å². The van der Waals surface area contributed by atoms with E-state index in [1.807, 2.05) is 55.8 Å². The van der Waals surface area contributed by atoms with Crippen LogP contribution in [0.4, 0.5) is 4.39 Å². The maximum Gasteiger partial charge on any atom is 0.355 e. The van der Waals surface area contributed by atoms with Gasteiger partial charge in [-0.1, -0.05) is 43.6 Å². The molecule has 1 aliphatic heterocycles. The van der Waals surface area contributed by atoms with Crippen LogP contribution in [-0.4, -0.2) is 58.6 Å². The van der Waals surface area contributed by atoms with Crippen molar-refractivity contribution in [2.45, 2.75) is 59.5 Å². The van der Waals surface area contributed by atoms with Gasteiger partial charge >= 0.3 is 5.97 Å². The second kappa shape index (κ2) is 13.9. The summed E-state index contributed by atoms with van der Waals surface area (Å²) in [6.45, 7) is 6.85. The number of ether oxygens (including phenoxy) is 2. The standard InChI is InChI=1S/C36H40ClFN4O5S/c1-5-30-33-29(39-40(30)4)22-41(6-2)48(44,45)20-10-18-42-34-27(16-17-28(37)32(33)34)26(35(42)36(43)46-7-3)12-9-19-47-31-13-8-11-23-21-24(38)14-15-25(23)31/h8,11,13-17,21H,5-7,9-10,12,18-20,22H2,1-4H3. The second-order valence-electron chi connectivity index (χ2n) is 11.9. The van der Waals surface area contributed by atoms with Crippen LogP contribution in [0.1, 0.15) is 61.1 Å². The SMILES string of the molecule is CCOC(=O)c1c(CCCOc2cccc3cc(F)ccc23)c2ccc(Cl)c3c2n1CCCS(=O)(=O)N(CC)Cc1nn(C)c(CC)c1-3. The Bertz CT molecular complexity index is 2120. The summed E-state index contributed by atoms with van der Waals surface area (Å²) in [4.78, 5) is 13.8. The number of aromatic nitrogens is 3. The van der Waals surface area contributed by atoms with Gasteiger partial charge in [0.05, 0.1) is 41.7 Å². The summed E-state index contributed by atoms with van der Waals surface area (Å²) in [5.41, 5.74) is 5.02. The lowest BCUT2D eigenvalue weighted by Gasteiger charge is -2.20. The number of carbonyl (C=O) groups is 1.